The molecule has 0 aliphatic rings. The van der Waals surface area contributed by atoms with Gasteiger partial charge < -0.3 is 14.2 Å². The fourth-order valence-electron chi connectivity index (χ4n) is 1.41. The van der Waals surface area contributed by atoms with E-state index in [9.17, 15) is 0 Å². The first-order chi connectivity index (χ1) is 8.24. The van der Waals surface area contributed by atoms with Crippen molar-refractivity contribution in [3.63, 3.8) is 0 Å². The summed E-state index contributed by atoms with van der Waals surface area (Å²) in [7, 11) is 0. The smallest absolute Gasteiger partial charge is 0.315 e. The van der Waals surface area contributed by atoms with E-state index in [0.717, 1.165) is 18.6 Å². The fraction of sp³-hybridized carbons (Fsp3) is 0.500. The molecular weight excluding hydrogens is 218 g/mol. The zero-order valence-electron chi connectivity index (χ0n) is 10.1. The van der Waals surface area contributed by atoms with Crippen molar-refractivity contribution in [3.8, 4) is 0 Å². The van der Waals surface area contributed by atoms with Crippen molar-refractivity contribution in [2.45, 2.75) is 33.2 Å². The second-order valence-electron chi connectivity index (χ2n) is 4.37. The molecule has 1 N–H and O–H groups in total. The normalized spacial score (nSPS) is 11.0. The van der Waals surface area contributed by atoms with Crippen molar-refractivity contribution in [3.05, 3.63) is 30.0 Å². The Balaban J connectivity index is 1.81. The van der Waals surface area contributed by atoms with Crippen LogP contribution in [0.3, 0.4) is 0 Å². The molecule has 2 rings (SSSR count). The third kappa shape index (κ3) is 3.62. The van der Waals surface area contributed by atoms with Gasteiger partial charge in [0.15, 0.2) is 0 Å². The molecule has 0 aliphatic heterocycles. The Hall–Kier alpha value is -1.78. The maximum absolute atomic E-state index is 5.46. The lowest BCUT2D eigenvalue weighted by atomic mass is 10.1. The number of hydrogen-bond acceptors (Lipinski definition) is 5. The van der Waals surface area contributed by atoms with Crippen LogP contribution in [0.25, 0.3) is 0 Å². The largest absolute Gasteiger partial charge is 0.467 e. The highest BCUT2D eigenvalue weighted by Gasteiger charge is 2.06. The number of furan rings is 1. The number of aromatic nitrogens is 2. The number of nitrogens with one attached hydrogen (secondary N) is 1. The molecule has 0 aliphatic carbocycles. The monoisotopic (exact) mass is 235 g/mol. The van der Waals surface area contributed by atoms with Crippen molar-refractivity contribution in [1.82, 2.24) is 10.2 Å². The summed E-state index contributed by atoms with van der Waals surface area (Å²) in [6.45, 7) is 4.90. The molecule has 0 bridgehead atoms. The Morgan fingerprint density at radius 1 is 1.35 bits per heavy atom. The number of anilines is 1. The molecule has 2 aromatic heterocycles. The molecule has 0 amide bonds. The minimum Gasteiger partial charge on any atom is -0.467 e. The van der Waals surface area contributed by atoms with E-state index >= 15 is 0 Å². The topological polar surface area (TPSA) is 64.1 Å². The van der Waals surface area contributed by atoms with Crippen LogP contribution in [0, 0.1) is 5.92 Å². The molecule has 0 atom stereocenters. The van der Waals surface area contributed by atoms with Gasteiger partial charge in [0.25, 0.3) is 0 Å². The third-order valence-corrected chi connectivity index (χ3v) is 2.40. The van der Waals surface area contributed by atoms with Gasteiger partial charge in [-0.05, 0) is 24.5 Å². The van der Waals surface area contributed by atoms with Crippen molar-refractivity contribution in [2.75, 3.05) is 5.32 Å². The molecule has 17 heavy (non-hydrogen) atoms. The van der Waals surface area contributed by atoms with Crippen molar-refractivity contribution in [2.24, 2.45) is 5.92 Å². The van der Waals surface area contributed by atoms with Crippen molar-refractivity contribution >= 4 is 6.01 Å². The minimum absolute atomic E-state index is 0.445. The Bertz CT molecular complexity index is 434. The molecule has 0 aromatic carbocycles. The lowest BCUT2D eigenvalue weighted by Crippen LogP contribution is -1.97. The first-order valence-corrected chi connectivity index (χ1v) is 5.82. The maximum Gasteiger partial charge on any atom is 0.315 e. The van der Waals surface area contributed by atoms with Crippen LogP contribution in [-0.2, 0) is 13.0 Å². The van der Waals surface area contributed by atoms with E-state index in [1.807, 2.05) is 12.1 Å². The predicted molar refractivity (Wildman–Crippen MR) is 63.5 cm³/mol. The average Bonchev–Trinajstić information content (AvgIpc) is 2.95. The molecule has 0 saturated heterocycles. The van der Waals surface area contributed by atoms with Gasteiger partial charge in [0.2, 0.25) is 5.89 Å². The first-order valence-electron chi connectivity index (χ1n) is 5.82. The van der Waals surface area contributed by atoms with Crippen LogP contribution in [0.15, 0.2) is 27.2 Å². The van der Waals surface area contributed by atoms with Crippen LogP contribution in [0.2, 0.25) is 0 Å². The summed E-state index contributed by atoms with van der Waals surface area (Å²) < 4.78 is 10.6. The summed E-state index contributed by atoms with van der Waals surface area (Å²) >= 11 is 0. The molecule has 0 fully saturated rings. The van der Waals surface area contributed by atoms with Crippen LogP contribution in [0.5, 0.6) is 0 Å². The van der Waals surface area contributed by atoms with Gasteiger partial charge in [-0.25, -0.2) is 0 Å². The van der Waals surface area contributed by atoms with E-state index in [-0.39, 0.29) is 0 Å². The predicted octanol–water partition coefficient (Wildman–Crippen LogP) is 2.86. The zero-order valence-corrected chi connectivity index (χ0v) is 10.1. The van der Waals surface area contributed by atoms with Gasteiger partial charge in [0, 0.05) is 6.42 Å². The summed E-state index contributed by atoms with van der Waals surface area (Å²) in [5.41, 5.74) is 0. The highest BCUT2D eigenvalue weighted by atomic mass is 16.4. The van der Waals surface area contributed by atoms with Gasteiger partial charge in [-0.15, -0.1) is 5.10 Å². The van der Waals surface area contributed by atoms with E-state index in [4.69, 9.17) is 8.83 Å². The standard InChI is InChI=1S/C12H17N3O2/c1-9(2)5-6-11-14-15-12(17-11)13-8-10-4-3-7-16-10/h3-4,7,9H,5-6,8H2,1-2H3,(H,13,15). The van der Waals surface area contributed by atoms with E-state index in [0.29, 0.717) is 24.4 Å². The van der Waals surface area contributed by atoms with Crippen molar-refractivity contribution < 1.29 is 8.83 Å². The zero-order chi connectivity index (χ0) is 12.1. The second kappa shape index (κ2) is 5.52. The lowest BCUT2D eigenvalue weighted by molar-refractivity contribution is 0.465. The van der Waals surface area contributed by atoms with Crippen LogP contribution >= 0.6 is 0 Å². The van der Waals surface area contributed by atoms with Crippen LogP contribution in [0.4, 0.5) is 6.01 Å². The molecule has 0 unspecified atom stereocenters. The van der Waals surface area contributed by atoms with Crippen LogP contribution in [-0.4, -0.2) is 10.2 Å². The molecule has 2 heterocycles. The van der Waals surface area contributed by atoms with Gasteiger partial charge in [-0.2, -0.15) is 0 Å². The van der Waals surface area contributed by atoms with E-state index in [1.165, 1.54) is 0 Å². The summed E-state index contributed by atoms with van der Waals surface area (Å²) in [4.78, 5) is 0. The molecule has 92 valence electrons. The van der Waals surface area contributed by atoms with Crippen LogP contribution < -0.4 is 5.32 Å². The summed E-state index contributed by atoms with van der Waals surface area (Å²) in [6.07, 6.45) is 3.52. The Labute approximate surface area is 100 Å². The SMILES string of the molecule is CC(C)CCc1nnc(NCc2ccco2)o1. The van der Waals surface area contributed by atoms with Crippen LogP contribution in [0.1, 0.15) is 31.9 Å². The van der Waals surface area contributed by atoms with E-state index in [2.05, 4.69) is 29.4 Å². The van der Waals surface area contributed by atoms with Gasteiger partial charge >= 0.3 is 6.01 Å². The Morgan fingerprint density at radius 3 is 2.94 bits per heavy atom. The van der Waals surface area contributed by atoms with Crippen molar-refractivity contribution in [1.29, 1.82) is 0 Å². The summed E-state index contributed by atoms with van der Waals surface area (Å²) in [5, 5.41) is 10.9. The molecular formula is C12H17N3O2. The second-order valence-corrected chi connectivity index (χ2v) is 4.37. The van der Waals surface area contributed by atoms with E-state index < -0.39 is 0 Å². The minimum atomic E-state index is 0.445. The first kappa shape index (κ1) is 11.7. The Morgan fingerprint density at radius 2 is 2.24 bits per heavy atom. The quantitative estimate of drug-likeness (QED) is 0.834. The Kier molecular flexibility index (Phi) is 3.80. The number of rotatable bonds is 6. The number of aryl methyl sites for hydroxylation is 1. The summed E-state index contributed by atoms with van der Waals surface area (Å²) in [6, 6.07) is 4.18. The molecule has 0 radical (unpaired) electrons. The maximum atomic E-state index is 5.46. The number of nitrogens with zero attached hydrogens (tertiary/aromatic N) is 2. The molecule has 0 saturated carbocycles. The molecule has 2 aromatic rings. The van der Waals surface area contributed by atoms with Gasteiger partial charge in [-0.3, -0.25) is 0 Å². The molecule has 0 spiro atoms. The third-order valence-electron chi connectivity index (χ3n) is 2.40. The highest BCUT2D eigenvalue weighted by molar-refractivity contribution is 5.18. The van der Waals surface area contributed by atoms with E-state index in [1.54, 1.807) is 6.26 Å². The fourth-order valence-corrected chi connectivity index (χ4v) is 1.41. The molecule has 5 nitrogen and oxygen atoms in total. The summed E-state index contributed by atoms with van der Waals surface area (Å²) in [5.74, 6) is 2.16. The van der Waals surface area contributed by atoms with Gasteiger partial charge in [-0.1, -0.05) is 18.9 Å². The van der Waals surface area contributed by atoms with Gasteiger partial charge in [0.1, 0.15) is 5.76 Å². The molecule has 5 heteroatoms. The number of hydrogen-bond donors (Lipinski definition) is 1. The van der Waals surface area contributed by atoms with Gasteiger partial charge in [0.05, 0.1) is 12.8 Å². The lowest BCUT2D eigenvalue weighted by Gasteiger charge is -1.99. The average molecular weight is 235 g/mol. The highest BCUT2D eigenvalue weighted by Crippen LogP contribution is 2.12.